The van der Waals surface area contributed by atoms with Gasteiger partial charge in [0, 0.05) is 17.0 Å². The van der Waals surface area contributed by atoms with Crippen LogP contribution in [0.4, 0.5) is 18.9 Å². The van der Waals surface area contributed by atoms with Crippen LogP contribution in [0.5, 0.6) is 0 Å². The first-order valence-electron chi connectivity index (χ1n) is 7.20. The Balaban J connectivity index is 2.00. The van der Waals surface area contributed by atoms with Crippen LogP contribution in [0, 0.1) is 17.5 Å². The lowest BCUT2D eigenvalue weighted by molar-refractivity contribution is 0.500. The van der Waals surface area contributed by atoms with Gasteiger partial charge in [0.1, 0.15) is 5.82 Å². The molecule has 0 aliphatic heterocycles. The van der Waals surface area contributed by atoms with E-state index in [0.717, 1.165) is 18.2 Å². The van der Waals surface area contributed by atoms with Gasteiger partial charge < -0.3 is 0 Å². The summed E-state index contributed by atoms with van der Waals surface area (Å²) < 4.78 is 68.1. The van der Waals surface area contributed by atoms with Gasteiger partial charge in [-0.2, -0.15) is 0 Å². The number of benzene rings is 2. The van der Waals surface area contributed by atoms with E-state index in [4.69, 9.17) is 11.6 Å². The molecule has 1 fully saturated rings. The van der Waals surface area contributed by atoms with Crippen molar-refractivity contribution in [2.45, 2.75) is 24.5 Å². The highest BCUT2D eigenvalue weighted by atomic mass is 35.5. The van der Waals surface area contributed by atoms with E-state index in [1.54, 1.807) is 0 Å². The van der Waals surface area contributed by atoms with Crippen molar-refractivity contribution in [1.82, 2.24) is 0 Å². The van der Waals surface area contributed by atoms with Crippen LogP contribution in [0.25, 0.3) is 0 Å². The Labute approximate surface area is 142 Å². The van der Waals surface area contributed by atoms with E-state index in [1.165, 1.54) is 12.1 Å². The van der Waals surface area contributed by atoms with Gasteiger partial charge in [-0.25, -0.2) is 21.6 Å². The highest BCUT2D eigenvalue weighted by molar-refractivity contribution is 7.93. The molecule has 0 amide bonds. The van der Waals surface area contributed by atoms with Gasteiger partial charge in [0.2, 0.25) is 10.0 Å². The van der Waals surface area contributed by atoms with Gasteiger partial charge in [-0.1, -0.05) is 17.7 Å². The fraction of sp³-hybridized carbons (Fsp3) is 0.250. The van der Waals surface area contributed by atoms with Crippen LogP contribution in [0.1, 0.15) is 24.0 Å². The molecule has 1 N–H and O–H groups in total. The highest BCUT2D eigenvalue weighted by Gasteiger charge is 2.36. The van der Waals surface area contributed by atoms with Crippen LogP contribution < -0.4 is 4.72 Å². The molecule has 1 aliphatic rings. The van der Waals surface area contributed by atoms with Crippen molar-refractivity contribution in [2.75, 3.05) is 4.72 Å². The summed E-state index contributed by atoms with van der Waals surface area (Å²) in [5, 5.41) is -0.351. The lowest BCUT2D eigenvalue weighted by Crippen LogP contribution is -2.19. The van der Waals surface area contributed by atoms with E-state index in [-0.39, 0.29) is 28.3 Å². The average Bonchev–Trinajstić information content (AvgIpc) is 3.34. The van der Waals surface area contributed by atoms with Crippen molar-refractivity contribution in [2.24, 2.45) is 0 Å². The monoisotopic (exact) mass is 375 g/mol. The van der Waals surface area contributed by atoms with E-state index in [1.807, 2.05) is 0 Å². The van der Waals surface area contributed by atoms with Crippen molar-refractivity contribution in [3.63, 3.8) is 0 Å². The number of rotatable bonds is 5. The summed E-state index contributed by atoms with van der Waals surface area (Å²) in [4.78, 5) is 0. The summed E-state index contributed by atoms with van der Waals surface area (Å²) in [7, 11) is -3.66. The average molecular weight is 376 g/mol. The van der Waals surface area contributed by atoms with Crippen LogP contribution in [-0.2, 0) is 16.4 Å². The molecule has 8 heteroatoms. The number of hydrogen-bond acceptors (Lipinski definition) is 2. The van der Waals surface area contributed by atoms with Crippen LogP contribution in [0.3, 0.4) is 0 Å². The quantitative estimate of drug-likeness (QED) is 0.849. The van der Waals surface area contributed by atoms with Crippen LogP contribution in [0.2, 0.25) is 5.02 Å². The summed E-state index contributed by atoms with van der Waals surface area (Å²) in [5.74, 6) is -3.02. The Morgan fingerprint density at radius 1 is 1.08 bits per heavy atom. The molecule has 0 spiro atoms. The van der Waals surface area contributed by atoms with Crippen molar-refractivity contribution in [1.29, 1.82) is 0 Å². The fourth-order valence-corrected chi connectivity index (χ4v) is 3.91. The fourth-order valence-electron chi connectivity index (χ4n) is 2.33. The van der Waals surface area contributed by atoms with E-state index in [0.29, 0.717) is 12.8 Å². The maximum absolute atomic E-state index is 14.2. The Kier molecular flexibility index (Phi) is 4.48. The number of halogens is 4. The molecule has 128 valence electrons. The third-order valence-electron chi connectivity index (χ3n) is 3.79. The third-order valence-corrected chi connectivity index (χ3v) is 5.88. The lowest BCUT2D eigenvalue weighted by atomic mass is 10.0. The minimum absolute atomic E-state index is 0.0794. The Morgan fingerprint density at radius 2 is 1.79 bits per heavy atom. The predicted molar refractivity (Wildman–Crippen MR) is 86.1 cm³/mol. The molecule has 24 heavy (non-hydrogen) atoms. The zero-order valence-electron chi connectivity index (χ0n) is 12.3. The predicted octanol–water partition coefficient (Wildman–Crippen LogP) is 4.25. The maximum atomic E-state index is 14.2. The molecule has 2 aromatic carbocycles. The van der Waals surface area contributed by atoms with Crippen molar-refractivity contribution >= 4 is 27.3 Å². The van der Waals surface area contributed by atoms with Crippen LogP contribution >= 0.6 is 11.6 Å². The van der Waals surface area contributed by atoms with Gasteiger partial charge in [0.15, 0.2) is 11.6 Å². The second-order valence-electron chi connectivity index (χ2n) is 5.65. The van der Waals surface area contributed by atoms with Crippen molar-refractivity contribution < 1.29 is 21.6 Å². The number of nitrogens with one attached hydrogen (secondary N) is 1. The summed E-state index contributed by atoms with van der Waals surface area (Å²) in [6, 6.07) is 5.80. The first-order chi connectivity index (χ1) is 11.3. The smallest absolute Gasteiger partial charge is 0.235 e. The second kappa shape index (κ2) is 6.29. The minimum atomic E-state index is -3.66. The molecule has 0 aromatic heterocycles. The molecule has 0 saturated heterocycles. The van der Waals surface area contributed by atoms with Crippen LogP contribution in [-0.4, -0.2) is 13.7 Å². The van der Waals surface area contributed by atoms with E-state index in [2.05, 4.69) is 4.72 Å². The summed E-state index contributed by atoms with van der Waals surface area (Å²) in [6.45, 7) is 0. The summed E-state index contributed by atoms with van der Waals surface area (Å²) in [6.07, 6.45) is 0.745. The van der Waals surface area contributed by atoms with Gasteiger partial charge in [-0.15, -0.1) is 0 Å². The van der Waals surface area contributed by atoms with Crippen LogP contribution in [0.15, 0.2) is 30.3 Å². The first kappa shape index (κ1) is 17.1. The molecule has 0 atom stereocenters. The molecular weight excluding hydrogens is 363 g/mol. The van der Waals surface area contributed by atoms with E-state index in [9.17, 15) is 21.6 Å². The Bertz CT molecular complexity index is 898. The minimum Gasteiger partial charge on any atom is -0.283 e. The molecule has 0 unspecified atom stereocenters. The molecule has 1 aliphatic carbocycles. The zero-order valence-corrected chi connectivity index (χ0v) is 13.9. The van der Waals surface area contributed by atoms with Crippen molar-refractivity contribution in [3.8, 4) is 0 Å². The number of sulfonamides is 1. The van der Waals surface area contributed by atoms with Crippen molar-refractivity contribution in [3.05, 3.63) is 63.9 Å². The molecule has 3 nitrogen and oxygen atoms in total. The van der Waals surface area contributed by atoms with Gasteiger partial charge in [0.25, 0.3) is 0 Å². The van der Waals surface area contributed by atoms with E-state index >= 15 is 0 Å². The Morgan fingerprint density at radius 3 is 2.42 bits per heavy atom. The molecule has 3 rings (SSSR count). The first-order valence-corrected chi connectivity index (χ1v) is 9.13. The lowest BCUT2D eigenvalue weighted by Gasteiger charge is -2.14. The zero-order chi connectivity index (χ0) is 17.5. The molecule has 2 aromatic rings. The van der Waals surface area contributed by atoms with Gasteiger partial charge in [-0.05, 0) is 42.7 Å². The standard InChI is InChI=1S/C16H13ClF3NO2S/c17-10-2-1-9(14(19)8-10)7-12-15(6-5-13(18)16(12)20)21-24(22,23)11-3-4-11/h1-2,5-6,8,11,21H,3-4,7H2. The summed E-state index contributed by atoms with van der Waals surface area (Å²) in [5.41, 5.74) is -0.258. The molecule has 0 heterocycles. The molecule has 1 saturated carbocycles. The maximum Gasteiger partial charge on any atom is 0.235 e. The number of anilines is 1. The molecule has 0 bridgehead atoms. The highest BCUT2D eigenvalue weighted by Crippen LogP contribution is 2.32. The topological polar surface area (TPSA) is 46.2 Å². The number of hydrogen-bond donors (Lipinski definition) is 1. The molecule has 0 radical (unpaired) electrons. The second-order valence-corrected chi connectivity index (χ2v) is 8.04. The third kappa shape index (κ3) is 3.52. The Hall–Kier alpha value is -1.73. The molecular formula is C16H13ClF3NO2S. The SMILES string of the molecule is O=S(=O)(Nc1ccc(F)c(F)c1Cc1ccc(Cl)cc1F)C1CC1. The summed E-state index contributed by atoms with van der Waals surface area (Å²) >= 11 is 5.67. The van der Waals surface area contributed by atoms with Gasteiger partial charge in [-0.3, -0.25) is 4.72 Å². The van der Waals surface area contributed by atoms with Gasteiger partial charge >= 0.3 is 0 Å². The van der Waals surface area contributed by atoms with Gasteiger partial charge in [0.05, 0.1) is 10.9 Å². The van der Waals surface area contributed by atoms with E-state index < -0.39 is 32.7 Å². The largest absolute Gasteiger partial charge is 0.283 e. The normalized spacial score (nSPS) is 14.7.